The molecule has 1 atom stereocenters. The lowest BCUT2D eigenvalue weighted by atomic mass is 9.79. The van der Waals surface area contributed by atoms with Crippen LogP contribution >= 0.6 is 0 Å². The van der Waals surface area contributed by atoms with E-state index in [1.807, 2.05) is 6.07 Å². The zero-order valence-corrected chi connectivity index (χ0v) is 16.7. The Labute approximate surface area is 174 Å². The van der Waals surface area contributed by atoms with Crippen LogP contribution in [0, 0.1) is 5.41 Å². The van der Waals surface area contributed by atoms with Crippen LogP contribution < -0.4 is 11.1 Å². The minimum absolute atomic E-state index is 0.0863. The van der Waals surface area contributed by atoms with Gasteiger partial charge in [0.2, 0.25) is 11.8 Å². The summed E-state index contributed by atoms with van der Waals surface area (Å²) in [6, 6.07) is 4.23. The highest BCUT2D eigenvalue weighted by atomic mass is 16.3. The van der Waals surface area contributed by atoms with Gasteiger partial charge in [-0.25, -0.2) is 0 Å². The maximum atomic E-state index is 12.9. The number of rotatable bonds is 5. The molecule has 4 N–H and O–H groups in total. The van der Waals surface area contributed by atoms with Crippen molar-refractivity contribution >= 4 is 23.6 Å². The van der Waals surface area contributed by atoms with Crippen LogP contribution in [0.5, 0.6) is 0 Å². The highest BCUT2D eigenvalue weighted by Gasteiger charge is 2.44. The van der Waals surface area contributed by atoms with Gasteiger partial charge in [0.25, 0.3) is 11.8 Å². The number of nitrogens with two attached hydrogens (primary N) is 1. The molecular formula is C21H26N4O5. The molecule has 0 aromatic heterocycles. The van der Waals surface area contributed by atoms with Crippen molar-refractivity contribution in [3.63, 3.8) is 0 Å². The van der Waals surface area contributed by atoms with E-state index in [0.29, 0.717) is 18.7 Å². The fourth-order valence-corrected chi connectivity index (χ4v) is 4.49. The van der Waals surface area contributed by atoms with E-state index in [2.05, 4.69) is 10.2 Å². The fourth-order valence-electron chi connectivity index (χ4n) is 4.49. The number of fused-ring (bicyclic) bond motifs is 1. The number of aliphatic hydroxyl groups excluding tert-OH is 1. The molecule has 0 spiro atoms. The second-order valence-corrected chi connectivity index (χ2v) is 8.47. The first-order chi connectivity index (χ1) is 14.4. The molecule has 160 valence electrons. The number of imide groups is 2. The molecule has 3 aliphatic heterocycles. The number of nitrogens with one attached hydrogen (secondary N) is 1. The number of hydrogen-bond donors (Lipinski definition) is 3. The summed E-state index contributed by atoms with van der Waals surface area (Å²) in [6.45, 7) is 2.76. The van der Waals surface area contributed by atoms with Gasteiger partial charge in [0.1, 0.15) is 6.04 Å². The smallest absolute Gasteiger partial charge is 0.262 e. The maximum absolute atomic E-state index is 12.9. The molecule has 1 unspecified atom stereocenters. The van der Waals surface area contributed by atoms with Crippen LogP contribution in [0.25, 0.3) is 0 Å². The van der Waals surface area contributed by atoms with Crippen LogP contribution in [0.3, 0.4) is 0 Å². The first-order valence-corrected chi connectivity index (χ1v) is 10.3. The molecule has 0 bridgehead atoms. The van der Waals surface area contributed by atoms with Crippen molar-refractivity contribution in [2.75, 3.05) is 26.2 Å². The summed E-state index contributed by atoms with van der Waals surface area (Å²) in [5, 5.41) is 11.8. The lowest BCUT2D eigenvalue weighted by molar-refractivity contribution is -0.136. The van der Waals surface area contributed by atoms with Gasteiger partial charge in [0.05, 0.1) is 11.1 Å². The maximum Gasteiger partial charge on any atom is 0.262 e. The summed E-state index contributed by atoms with van der Waals surface area (Å²) >= 11 is 0. The zero-order chi connectivity index (χ0) is 21.5. The third-order valence-corrected chi connectivity index (χ3v) is 6.60. The molecule has 0 radical (unpaired) electrons. The van der Waals surface area contributed by atoms with Crippen molar-refractivity contribution in [3.05, 3.63) is 34.9 Å². The summed E-state index contributed by atoms with van der Waals surface area (Å²) < 4.78 is 0. The molecule has 4 amide bonds. The lowest BCUT2D eigenvalue weighted by Gasteiger charge is -2.40. The standard InChI is InChI=1S/C21H26N4O5/c22-11-21(12-26)5-7-24(8-6-21)10-13-1-2-14-15(9-13)20(30)25(19(14)29)16-3-4-17(27)23-18(16)28/h1-2,9,16,26H,3-8,10-12,22H2,(H,23,27,28). The van der Waals surface area contributed by atoms with Gasteiger partial charge >= 0.3 is 0 Å². The van der Waals surface area contributed by atoms with Gasteiger partial charge in [0.15, 0.2) is 0 Å². The Hall–Kier alpha value is -2.62. The van der Waals surface area contributed by atoms with Crippen LogP contribution in [-0.4, -0.2) is 70.8 Å². The van der Waals surface area contributed by atoms with Gasteiger partial charge in [-0.15, -0.1) is 0 Å². The van der Waals surface area contributed by atoms with E-state index in [9.17, 15) is 24.3 Å². The third kappa shape index (κ3) is 3.53. The van der Waals surface area contributed by atoms with Crippen LogP contribution in [0.1, 0.15) is 52.0 Å². The van der Waals surface area contributed by atoms with Gasteiger partial charge in [-0.3, -0.25) is 34.3 Å². The van der Waals surface area contributed by atoms with Crippen LogP contribution in [0.15, 0.2) is 18.2 Å². The van der Waals surface area contributed by atoms with Gasteiger partial charge in [0, 0.05) is 31.5 Å². The van der Waals surface area contributed by atoms with E-state index in [1.165, 1.54) is 0 Å². The fraction of sp³-hybridized carbons (Fsp3) is 0.524. The van der Waals surface area contributed by atoms with Crippen LogP contribution in [0.4, 0.5) is 0 Å². The molecule has 9 heteroatoms. The van der Waals surface area contributed by atoms with Gasteiger partial charge in [-0.05, 0) is 50.0 Å². The number of likely N-dealkylation sites (tertiary alicyclic amines) is 1. The molecule has 2 fully saturated rings. The second kappa shape index (κ2) is 7.90. The second-order valence-electron chi connectivity index (χ2n) is 8.47. The van der Waals surface area contributed by atoms with E-state index in [1.54, 1.807) is 12.1 Å². The molecule has 0 saturated carbocycles. The Bertz CT molecular complexity index is 901. The molecule has 4 rings (SSSR count). The van der Waals surface area contributed by atoms with Crippen LogP contribution in [0.2, 0.25) is 0 Å². The molecule has 3 heterocycles. The van der Waals surface area contributed by atoms with Crippen molar-refractivity contribution < 1.29 is 24.3 Å². The molecule has 0 aliphatic carbocycles. The molecule has 9 nitrogen and oxygen atoms in total. The average molecular weight is 414 g/mol. The first-order valence-electron chi connectivity index (χ1n) is 10.3. The van der Waals surface area contributed by atoms with Gasteiger partial charge in [-0.1, -0.05) is 6.07 Å². The monoisotopic (exact) mass is 414 g/mol. The van der Waals surface area contributed by atoms with Crippen molar-refractivity contribution in [2.24, 2.45) is 11.1 Å². The van der Waals surface area contributed by atoms with E-state index >= 15 is 0 Å². The molecule has 30 heavy (non-hydrogen) atoms. The summed E-state index contributed by atoms with van der Waals surface area (Å²) in [4.78, 5) is 52.4. The molecule has 1 aromatic carbocycles. The lowest BCUT2D eigenvalue weighted by Crippen LogP contribution is -2.54. The molecular weight excluding hydrogens is 388 g/mol. The minimum atomic E-state index is -0.955. The highest BCUT2D eigenvalue weighted by Crippen LogP contribution is 2.32. The summed E-state index contributed by atoms with van der Waals surface area (Å²) in [6.07, 6.45) is 1.87. The predicted molar refractivity (Wildman–Crippen MR) is 106 cm³/mol. The van der Waals surface area contributed by atoms with E-state index in [-0.39, 0.29) is 30.4 Å². The molecule has 1 aromatic rings. The Morgan fingerprint density at radius 1 is 1.10 bits per heavy atom. The zero-order valence-electron chi connectivity index (χ0n) is 16.7. The Morgan fingerprint density at radius 3 is 2.43 bits per heavy atom. The largest absolute Gasteiger partial charge is 0.396 e. The highest BCUT2D eigenvalue weighted by molar-refractivity contribution is 6.23. The van der Waals surface area contributed by atoms with Crippen molar-refractivity contribution in [2.45, 2.75) is 38.3 Å². The van der Waals surface area contributed by atoms with E-state index in [4.69, 9.17) is 5.73 Å². The van der Waals surface area contributed by atoms with Crippen molar-refractivity contribution in [1.82, 2.24) is 15.1 Å². The van der Waals surface area contributed by atoms with Crippen molar-refractivity contribution in [1.29, 1.82) is 0 Å². The molecule has 3 aliphatic rings. The Balaban J connectivity index is 1.47. The summed E-state index contributed by atoms with van der Waals surface area (Å²) in [5.41, 5.74) is 7.11. The number of carbonyl (C=O) groups excluding carboxylic acids is 4. The number of carbonyl (C=O) groups is 4. The van der Waals surface area contributed by atoms with E-state index in [0.717, 1.165) is 36.4 Å². The van der Waals surface area contributed by atoms with Crippen molar-refractivity contribution in [3.8, 4) is 0 Å². The molecule has 2 saturated heterocycles. The predicted octanol–water partition coefficient (Wildman–Crippen LogP) is -0.379. The number of aliphatic hydroxyl groups is 1. The first kappa shape index (κ1) is 20.6. The third-order valence-electron chi connectivity index (χ3n) is 6.60. The minimum Gasteiger partial charge on any atom is -0.396 e. The Kier molecular flexibility index (Phi) is 5.44. The normalized spacial score (nSPS) is 24.2. The number of hydrogen-bond acceptors (Lipinski definition) is 7. The Morgan fingerprint density at radius 2 is 1.80 bits per heavy atom. The summed E-state index contributed by atoms with van der Waals surface area (Å²) in [7, 11) is 0. The average Bonchev–Trinajstić information content (AvgIpc) is 2.99. The van der Waals surface area contributed by atoms with Gasteiger partial charge in [-0.2, -0.15) is 0 Å². The summed E-state index contributed by atoms with van der Waals surface area (Å²) in [5.74, 6) is -1.99. The number of benzene rings is 1. The SMILES string of the molecule is NCC1(CO)CCN(Cc2ccc3c(c2)C(=O)N(C2CCC(=O)NC2=O)C3=O)CC1. The van der Waals surface area contributed by atoms with E-state index < -0.39 is 29.7 Å². The number of piperidine rings is 2. The topological polar surface area (TPSA) is 133 Å². The quantitative estimate of drug-likeness (QED) is 0.560. The van der Waals surface area contributed by atoms with Gasteiger partial charge < -0.3 is 10.8 Å². The van der Waals surface area contributed by atoms with Crippen LogP contribution in [-0.2, 0) is 16.1 Å². The number of nitrogens with zero attached hydrogens (tertiary/aromatic N) is 2. The number of amides is 4.